The Morgan fingerprint density at radius 2 is 0.930 bits per heavy atom. The smallest absolute Gasteiger partial charge is 0.0546 e. The van der Waals surface area contributed by atoms with Crippen LogP contribution in [-0.2, 0) is 5.41 Å². The minimum absolute atomic E-state index is 0.176. The molecule has 0 bridgehead atoms. The molecule has 0 aliphatic heterocycles. The Morgan fingerprint density at radius 1 is 0.386 bits per heavy atom. The molecule has 11 rings (SSSR count). The molecular weight excluding hydrogens is 707 g/mol. The number of fused-ring (bicyclic) bond motifs is 8. The van der Waals surface area contributed by atoms with E-state index in [1.807, 2.05) is 11.3 Å². The highest BCUT2D eigenvalue weighted by atomic mass is 32.1. The lowest BCUT2D eigenvalue weighted by atomic mass is 9.79. The highest BCUT2D eigenvalue weighted by Gasteiger charge is 2.38. The molecule has 0 unspecified atom stereocenters. The second-order valence-electron chi connectivity index (χ2n) is 15.7. The second-order valence-corrected chi connectivity index (χ2v) is 16.7. The van der Waals surface area contributed by atoms with Crippen LogP contribution in [0.3, 0.4) is 0 Å². The maximum absolute atomic E-state index is 2.46. The van der Waals surface area contributed by atoms with Gasteiger partial charge in [-0.05, 0) is 103 Å². The van der Waals surface area contributed by atoms with Crippen molar-refractivity contribution in [2.75, 3.05) is 4.90 Å². The molecule has 270 valence electrons. The van der Waals surface area contributed by atoms with Gasteiger partial charge < -0.3 is 4.90 Å². The van der Waals surface area contributed by atoms with Crippen molar-refractivity contribution in [1.29, 1.82) is 0 Å². The van der Waals surface area contributed by atoms with E-state index in [2.05, 4.69) is 219 Å². The molecule has 0 spiro atoms. The summed E-state index contributed by atoms with van der Waals surface area (Å²) in [6, 6.07) is 73.7. The summed E-state index contributed by atoms with van der Waals surface area (Å²) in [6.07, 6.45) is 0. The quantitative estimate of drug-likeness (QED) is 0.164. The van der Waals surface area contributed by atoms with Gasteiger partial charge >= 0.3 is 0 Å². The average molecular weight is 746 g/mol. The van der Waals surface area contributed by atoms with Gasteiger partial charge in [0.2, 0.25) is 0 Å². The molecule has 1 heterocycles. The summed E-state index contributed by atoms with van der Waals surface area (Å²) in [5.74, 6) is 0. The van der Waals surface area contributed by atoms with Crippen molar-refractivity contribution in [3.05, 3.63) is 211 Å². The van der Waals surface area contributed by atoms with Gasteiger partial charge in [0.1, 0.15) is 0 Å². The van der Waals surface area contributed by atoms with Gasteiger partial charge in [-0.2, -0.15) is 0 Å². The first-order valence-electron chi connectivity index (χ1n) is 19.8. The Balaban J connectivity index is 1.10. The lowest BCUT2D eigenvalue weighted by molar-refractivity contribution is 0.666. The lowest BCUT2D eigenvalue weighted by Gasteiger charge is -2.30. The van der Waals surface area contributed by atoms with Crippen LogP contribution in [0.15, 0.2) is 200 Å². The van der Waals surface area contributed by atoms with E-state index in [4.69, 9.17) is 0 Å². The van der Waals surface area contributed by atoms with Crippen LogP contribution in [0.25, 0.3) is 75.5 Å². The first-order valence-corrected chi connectivity index (χ1v) is 20.6. The first kappa shape index (κ1) is 33.6. The molecule has 1 aromatic heterocycles. The molecule has 1 aliphatic carbocycles. The van der Waals surface area contributed by atoms with Gasteiger partial charge in [-0.15, -0.1) is 11.3 Å². The number of nitrogens with zero attached hydrogens (tertiary/aromatic N) is 1. The van der Waals surface area contributed by atoms with Crippen molar-refractivity contribution < 1.29 is 0 Å². The zero-order valence-electron chi connectivity index (χ0n) is 31.9. The third kappa shape index (κ3) is 5.44. The van der Waals surface area contributed by atoms with E-state index in [9.17, 15) is 0 Å². The SMILES string of the molecule is CC1(C)c2cc(-c3ccccc3)ccc2-c2cc(N(c3ccc(-c4ccccc4)cc3)c3ccc(-c4cccc5c4sc4ccccc45)cc3)c3ccccc3c21. The Hall–Kier alpha value is -6.74. The minimum atomic E-state index is -0.176. The lowest BCUT2D eigenvalue weighted by Crippen LogP contribution is -2.16. The molecule has 0 N–H and O–H groups in total. The first-order chi connectivity index (χ1) is 28.0. The number of hydrogen-bond acceptors (Lipinski definition) is 2. The molecular formula is C55H39NS. The van der Waals surface area contributed by atoms with E-state index in [1.54, 1.807) is 0 Å². The largest absolute Gasteiger partial charge is 0.310 e. The van der Waals surface area contributed by atoms with Crippen molar-refractivity contribution in [2.24, 2.45) is 0 Å². The predicted molar refractivity (Wildman–Crippen MR) is 245 cm³/mol. The molecule has 0 radical (unpaired) electrons. The molecule has 57 heavy (non-hydrogen) atoms. The van der Waals surface area contributed by atoms with E-state index in [0.717, 1.165) is 11.4 Å². The minimum Gasteiger partial charge on any atom is -0.310 e. The Bertz CT molecular complexity index is 3120. The van der Waals surface area contributed by atoms with Crippen LogP contribution in [0.1, 0.15) is 25.0 Å². The molecule has 1 aliphatic rings. The molecule has 0 amide bonds. The third-order valence-electron chi connectivity index (χ3n) is 12.1. The van der Waals surface area contributed by atoms with Gasteiger partial charge in [0.25, 0.3) is 0 Å². The molecule has 0 fully saturated rings. The fraction of sp³-hybridized carbons (Fsp3) is 0.0545. The van der Waals surface area contributed by atoms with Gasteiger partial charge in [-0.25, -0.2) is 0 Å². The van der Waals surface area contributed by atoms with Gasteiger partial charge in [-0.3, -0.25) is 0 Å². The van der Waals surface area contributed by atoms with E-state index >= 15 is 0 Å². The number of thiophene rings is 1. The van der Waals surface area contributed by atoms with E-state index in [0.29, 0.717) is 0 Å². The predicted octanol–water partition coefficient (Wildman–Crippen LogP) is 16.0. The van der Waals surface area contributed by atoms with Gasteiger partial charge in [0.05, 0.1) is 5.69 Å². The topological polar surface area (TPSA) is 3.24 Å². The molecule has 0 atom stereocenters. The Morgan fingerprint density at radius 3 is 1.63 bits per heavy atom. The summed E-state index contributed by atoms with van der Waals surface area (Å²) in [5.41, 5.74) is 16.0. The highest BCUT2D eigenvalue weighted by Crippen LogP contribution is 2.55. The van der Waals surface area contributed by atoms with E-state index in [-0.39, 0.29) is 5.41 Å². The number of hydrogen-bond donors (Lipinski definition) is 0. The summed E-state index contributed by atoms with van der Waals surface area (Å²) in [4.78, 5) is 2.46. The maximum atomic E-state index is 2.46. The molecule has 1 nitrogen and oxygen atoms in total. The number of benzene rings is 9. The van der Waals surface area contributed by atoms with Crippen LogP contribution < -0.4 is 4.90 Å². The monoisotopic (exact) mass is 745 g/mol. The van der Waals surface area contributed by atoms with Gasteiger partial charge in [-0.1, -0.05) is 172 Å². The van der Waals surface area contributed by atoms with Gasteiger partial charge in [0, 0.05) is 42.3 Å². The molecule has 0 saturated carbocycles. The number of rotatable bonds is 6. The van der Waals surface area contributed by atoms with Crippen molar-refractivity contribution in [3.8, 4) is 44.5 Å². The highest BCUT2D eigenvalue weighted by molar-refractivity contribution is 7.26. The fourth-order valence-electron chi connectivity index (χ4n) is 9.29. The molecule has 0 saturated heterocycles. The zero-order valence-corrected chi connectivity index (χ0v) is 32.7. The van der Waals surface area contributed by atoms with Gasteiger partial charge in [0.15, 0.2) is 0 Å². The summed E-state index contributed by atoms with van der Waals surface area (Å²) in [6.45, 7) is 4.79. The van der Waals surface area contributed by atoms with Crippen LogP contribution in [0.2, 0.25) is 0 Å². The summed E-state index contributed by atoms with van der Waals surface area (Å²) < 4.78 is 2.66. The van der Waals surface area contributed by atoms with Crippen LogP contribution in [0.4, 0.5) is 17.1 Å². The molecule has 10 aromatic rings. The Kier molecular flexibility index (Phi) is 7.77. The third-order valence-corrected chi connectivity index (χ3v) is 13.3. The summed E-state index contributed by atoms with van der Waals surface area (Å²) in [5, 5.41) is 5.18. The van der Waals surface area contributed by atoms with Crippen molar-refractivity contribution in [3.63, 3.8) is 0 Å². The van der Waals surface area contributed by atoms with Crippen LogP contribution in [0, 0.1) is 0 Å². The normalized spacial score (nSPS) is 12.9. The number of anilines is 3. The maximum Gasteiger partial charge on any atom is 0.0546 e. The van der Waals surface area contributed by atoms with E-state index < -0.39 is 0 Å². The van der Waals surface area contributed by atoms with Crippen LogP contribution in [0.5, 0.6) is 0 Å². The van der Waals surface area contributed by atoms with Crippen molar-refractivity contribution in [1.82, 2.24) is 0 Å². The van der Waals surface area contributed by atoms with Crippen molar-refractivity contribution in [2.45, 2.75) is 19.3 Å². The summed E-state index contributed by atoms with van der Waals surface area (Å²) in [7, 11) is 0. The second kappa shape index (κ2) is 13.2. The van der Waals surface area contributed by atoms with Crippen LogP contribution in [-0.4, -0.2) is 0 Å². The van der Waals surface area contributed by atoms with Crippen LogP contribution >= 0.6 is 11.3 Å². The summed E-state index contributed by atoms with van der Waals surface area (Å²) >= 11 is 1.88. The van der Waals surface area contributed by atoms with Crippen molar-refractivity contribution >= 4 is 59.3 Å². The molecule has 2 heteroatoms. The Labute approximate surface area is 337 Å². The van der Waals surface area contributed by atoms with E-state index in [1.165, 1.54) is 92.3 Å². The standard InChI is InChI=1S/C55H39NS/c1-55(2)50-34-40(37-16-7-4-8-17-37)28-33-44(50)49-35-51(45-18-9-10-20-47(45)53(49)55)56(41-29-24-38(25-30-41)36-14-5-3-6-15-36)42-31-26-39(27-32-42)43-21-13-22-48-46-19-11-12-23-52(46)57-54(43)48/h3-35H,1-2H3. The molecule has 9 aromatic carbocycles. The zero-order chi connectivity index (χ0) is 38.1. The average Bonchev–Trinajstić information content (AvgIpc) is 3.76. The fourth-order valence-corrected chi connectivity index (χ4v) is 10.5.